The smallest absolute Gasteiger partial charge is 0.349 e. The van der Waals surface area contributed by atoms with Gasteiger partial charge in [0.15, 0.2) is 0 Å². The Hall–Kier alpha value is -2.89. The van der Waals surface area contributed by atoms with Crippen LogP contribution in [0.2, 0.25) is 0 Å². The Labute approximate surface area is 120 Å². The number of carbonyl (C=O) groups is 1. The highest BCUT2D eigenvalue weighted by Gasteiger charge is 2.26. The molecule has 0 radical (unpaired) electrons. The zero-order valence-corrected chi connectivity index (χ0v) is 11.2. The molecule has 108 valence electrons. The summed E-state index contributed by atoms with van der Waals surface area (Å²) >= 11 is 0. The summed E-state index contributed by atoms with van der Waals surface area (Å²) in [6.45, 7) is 1.63. The lowest BCUT2D eigenvalue weighted by Crippen LogP contribution is -2.19. The first-order chi connectivity index (χ1) is 10.0. The molecular formula is C15H13NO5. The number of benzene rings is 2. The van der Waals surface area contributed by atoms with Crippen molar-refractivity contribution in [2.45, 2.75) is 13.0 Å². The topological polar surface area (TPSA) is 89.7 Å². The molecule has 0 fully saturated rings. The van der Waals surface area contributed by atoms with Crippen LogP contribution in [-0.2, 0) is 4.79 Å². The molecule has 0 spiro atoms. The van der Waals surface area contributed by atoms with Crippen LogP contribution in [0, 0.1) is 17.0 Å². The second kappa shape index (κ2) is 6.04. The van der Waals surface area contributed by atoms with E-state index in [1.165, 1.54) is 12.1 Å². The van der Waals surface area contributed by atoms with Crippen molar-refractivity contribution in [2.24, 2.45) is 0 Å². The lowest BCUT2D eigenvalue weighted by molar-refractivity contribution is -0.386. The second-order valence-corrected chi connectivity index (χ2v) is 4.43. The van der Waals surface area contributed by atoms with Gasteiger partial charge in [0.2, 0.25) is 11.9 Å². The van der Waals surface area contributed by atoms with Crippen LogP contribution in [0.5, 0.6) is 5.75 Å². The SMILES string of the molecule is Cc1cccc([N+](=O)[O-])c1OC(C(=O)O)c1ccccc1. The van der Waals surface area contributed by atoms with Gasteiger partial charge in [-0.15, -0.1) is 0 Å². The summed E-state index contributed by atoms with van der Waals surface area (Å²) in [7, 11) is 0. The molecule has 1 N–H and O–H groups in total. The Balaban J connectivity index is 2.43. The van der Waals surface area contributed by atoms with Crippen molar-refractivity contribution in [3.63, 3.8) is 0 Å². The lowest BCUT2D eigenvalue weighted by atomic mass is 10.1. The molecular weight excluding hydrogens is 274 g/mol. The number of ether oxygens (including phenoxy) is 1. The van der Waals surface area contributed by atoms with Gasteiger partial charge in [0.25, 0.3) is 0 Å². The van der Waals surface area contributed by atoms with E-state index in [2.05, 4.69) is 0 Å². The number of rotatable bonds is 5. The van der Waals surface area contributed by atoms with Crippen molar-refractivity contribution in [2.75, 3.05) is 0 Å². The molecule has 0 saturated heterocycles. The Kier molecular flexibility index (Phi) is 4.18. The van der Waals surface area contributed by atoms with Gasteiger partial charge in [0, 0.05) is 11.6 Å². The van der Waals surface area contributed by atoms with Crippen molar-refractivity contribution < 1.29 is 19.6 Å². The number of carboxylic acid groups (broad SMARTS) is 1. The van der Waals surface area contributed by atoms with E-state index in [1.807, 2.05) is 0 Å². The first-order valence-electron chi connectivity index (χ1n) is 6.19. The monoisotopic (exact) mass is 287 g/mol. The third kappa shape index (κ3) is 3.17. The number of hydrogen-bond acceptors (Lipinski definition) is 4. The number of carboxylic acids is 1. The van der Waals surface area contributed by atoms with E-state index < -0.39 is 17.0 Å². The summed E-state index contributed by atoms with van der Waals surface area (Å²) in [5.41, 5.74) is 0.672. The summed E-state index contributed by atoms with van der Waals surface area (Å²) in [5, 5.41) is 20.4. The normalized spacial score (nSPS) is 11.7. The minimum absolute atomic E-state index is 0.0289. The highest BCUT2D eigenvalue weighted by atomic mass is 16.6. The van der Waals surface area contributed by atoms with E-state index in [9.17, 15) is 20.0 Å². The van der Waals surface area contributed by atoms with E-state index in [1.54, 1.807) is 43.3 Å². The number of aliphatic carboxylic acids is 1. The van der Waals surface area contributed by atoms with Gasteiger partial charge in [0.05, 0.1) is 4.92 Å². The van der Waals surface area contributed by atoms with Gasteiger partial charge in [-0.3, -0.25) is 10.1 Å². The Bertz CT molecular complexity index is 669. The average molecular weight is 287 g/mol. The van der Waals surface area contributed by atoms with Gasteiger partial charge in [-0.05, 0) is 12.5 Å². The van der Waals surface area contributed by atoms with Crippen molar-refractivity contribution in [1.29, 1.82) is 0 Å². The van der Waals surface area contributed by atoms with Crippen LogP contribution < -0.4 is 4.74 Å². The fourth-order valence-electron chi connectivity index (χ4n) is 1.94. The van der Waals surface area contributed by atoms with Gasteiger partial charge in [-0.1, -0.05) is 42.5 Å². The third-order valence-electron chi connectivity index (χ3n) is 2.95. The van der Waals surface area contributed by atoms with Gasteiger partial charge in [-0.2, -0.15) is 0 Å². The number of para-hydroxylation sites is 1. The maximum Gasteiger partial charge on any atom is 0.349 e. The lowest BCUT2D eigenvalue weighted by Gasteiger charge is -2.16. The van der Waals surface area contributed by atoms with E-state index in [0.717, 1.165) is 0 Å². The van der Waals surface area contributed by atoms with Crippen molar-refractivity contribution in [3.05, 3.63) is 69.8 Å². The molecule has 2 rings (SSSR count). The molecule has 0 saturated carbocycles. The van der Waals surface area contributed by atoms with Crippen LogP contribution in [-0.4, -0.2) is 16.0 Å². The maximum atomic E-state index is 11.4. The standard InChI is InChI=1S/C15H13NO5/c1-10-6-5-9-12(16(19)20)13(10)21-14(15(17)18)11-7-3-2-4-8-11/h2-9,14H,1H3,(H,17,18). The van der Waals surface area contributed by atoms with Gasteiger partial charge < -0.3 is 9.84 Å². The molecule has 0 aliphatic rings. The predicted octanol–water partition coefficient (Wildman–Crippen LogP) is 3.11. The summed E-state index contributed by atoms with van der Waals surface area (Å²) in [6, 6.07) is 12.8. The molecule has 1 atom stereocenters. The molecule has 2 aromatic rings. The Morgan fingerprint density at radius 3 is 2.43 bits per heavy atom. The molecule has 6 heteroatoms. The molecule has 6 nitrogen and oxygen atoms in total. The third-order valence-corrected chi connectivity index (χ3v) is 2.95. The quantitative estimate of drug-likeness (QED) is 0.674. The largest absolute Gasteiger partial charge is 0.478 e. The zero-order chi connectivity index (χ0) is 15.4. The number of nitrogens with zero attached hydrogens (tertiary/aromatic N) is 1. The van der Waals surface area contributed by atoms with Crippen LogP contribution >= 0.6 is 0 Å². The minimum Gasteiger partial charge on any atom is -0.478 e. The van der Waals surface area contributed by atoms with Crippen LogP contribution in [0.15, 0.2) is 48.5 Å². The second-order valence-electron chi connectivity index (χ2n) is 4.43. The molecule has 0 aromatic heterocycles. The molecule has 21 heavy (non-hydrogen) atoms. The first kappa shape index (κ1) is 14.5. The molecule has 2 aromatic carbocycles. The highest BCUT2D eigenvalue weighted by molar-refractivity contribution is 5.75. The molecule has 0 amide bonds. The van der Waals surface area contributed by atoms with Crippen molar-refractivity contribution in [1.82, 2.24) is 0 Å². The van der Waals surface area contributed by atoms with E-state index >= 15 is 0 Å². The fraction of sp³-hybridized carbons (Fsp3) is 0.133. The summed E-state index contributed by atoms with van der Waals surface area (Å²) < 4.78 is 5.44. The number of nitro benzene ring substituents is 1. The average Bonchev–Trinajstić information content (AvgIpc) is 2.46. The number of hydrogen-bond donors (Lipinski definition) is 1. The Morgan fingerprint density at radius 1 is 1.19 bits per heavy atom. The van der Waals surface area contributed by atoms with Crippen molar-refractivity contribution >= 4 is 11.7 Å². The molecule has 0 heterocycles. The van der Waals surface area contributed by atoms with Crippen LogP contribution in [0.4, 0.5) is 5.69 Å². The van der Waals surface area contributed by atoms with Crippen LogP contribution in [0.25, 0.3) is 0 Å². The summed E-state index contributed by atoms with van der Waals surface area (Å²) in [5.74, 6) is -1.24. The summed E-state index contributed by atoms with van der Waals surface area (Å²) in [6.07, 6.45) is -1.30. The highest BCUT2D eigenvalue weighted by Crippen LogP contribution is 2.34. The molecule has 1 unspecified atom stereocenters. The van der Waals surface area contributed by atoms with Crippen LogP contribution in [0.3, 0.4) is 0 Å². The zero-order valence-electron chi connectivity index (χ0n) is 11.2. The number of aryl methyl sites for hydroxylation is 1. The van der Waals surface area contributed by atoms with E-state index in [4.69, 9.17) is 4.74 Å². The van der Waals surface area contributed by atoms with Gasteiger partial charge in [-0.25, -0.2) is 4.79 Å². The van der Waals surface area contributed by atoms with E-state index in [-0.39, 0.29) is 11.4 Å². The first-order valence-corrected chi connectivity index (χ1v) is 6.19. The number of nitro groups is 1. The van der Waals surface area contributed by atoms with Gasteiger partial charge >= 0.3 is 11.7 Å². The van der Waals surface area contributed by atoms with Crippen LogP contribution in [0.1, 0.15) is 17.2 Å². The summed E-state index contributed by atoms with van der Waals surface area (Å²) in [4.78, 5) is 21.9. The predicted molar refractivity (Wildman–Crippen MR) is 75.3 cm³/mol. The van der Waals surface area contributed by atoms with E-state index in [0.29, 0.717) is 11.1 Å². The molecule has 0 aliphatic heterocycles. The van der Waals surface area contributed by atoms with Gasteiger partial charge in [0.1, 0.15) is 0 Å². The molecule has 0 aliphatic carbocycles. The maximum absolute atomic E-state index is 11.4. The van der Waals surface area contributed by atoms with Crippen molar-refractivity contribution in [3.8, 4) is 5.75 Å². The Morgan fingerprint density at radius 2 is 1.86 bits per heavy atom. The molecule has 0 bridgehead atoms. The fourth-order valence-corrected chi connectivity index (χ4v) is 1.94. The minimum atomic E-state index is -1.30.